The lowest BCUT2D eigenvalue weighted by Crippen LogP contribution is -1.93. The van der Waals surface area contributed by atoms with Gasteiger partial charge in [-0.05, 0) is 12.1 Å². The number of methoxy groups -OCH3 is 2. The molecule has 0 amide bonds. The van der Waals surface area contributed by atoms with Gasteiger partial charge in [-0.1, -0.05) is 22.0 Å². The van der Waals surface area contributed by atoms with E-state index in [1.165, 1.54) is 6.39 Å². The average molecular weight is 298 g/mol. The molecule has 0 atom stereocenters. The molecule has 2 aromatic rings. The minimum Gasteiger partial charge on any atom is -0.493 e. The van der Waals surface area contributed by atoms with E-state index in [1.807, 2.05) is 18.2 Å². The SMILES string of the molecule is COc1cccc(-c2ocnc2CBr)c1OC. The monoisotopic (exact) mass is 297 g/mol. The fraction of sp³-hybridized carbons (Fsp3) is 0.250. The Balaban J connectivity index is 2.59. The number of nitrogens with zero attached hydrogens (tertiary/aromatic N) is 1. The number of rotatable bonds is 4. The smallest absolute Gasteiger partial charge is 0.181 e. The van der Waals surface area contributed by atoms with Crippen LogP contribution in [0.4, 0.5) is 0 Å². The topological polar surface area (TPSA) is 44.5 Å². The van der Waals surface area contributed by atoms with Crippen molar-refractivity contribution in [3.63, 3.8) is 0 Å². The maximum atomic E-state index is 5.41. The van der Waals surface area contributed by atoms with Gasteiger partial charge in [-0.15, -0.1) is 0 Å². The van der Waals surface area contributed by atoms with Gasteiger partial charge < -0.3 is 13.9 Å². The van der Waals surface area contributed by atoms with E-state index in [1.54, 1.807) is 14.2 Å². The molecule has 0 bridgehead atoms. The van der Waals surface area contributed by atoms with Crippen LogP contribution in [0.2, 0.25) is 0 Å². The van der Waals surface area contributed by atoms with Gasteiger partial charge in [-0.25, -0.2) is 4.98 Å². The maximum Gasteiger partial charge on any atom is 0.181 e. The molecule has 2 rings (SSSR count). The van der Waals surface area contributed by atoms with Crippen molar-refractivity contribution in [2.75, 3.05) is 14.2 Å². The molecule has 0 aliphatic carbocycles. The fourth-order valence-electron chi connectivity index (χ4n) is 1.65. The summed E-state index contributed by atoms with van der Waals surface area (Å²) in [6.45, 7) is 0. The highest BCUT2D eigenvalue weighted by Crippen LogP contribution is 2.39. The zero-order valence-corrected chi connectivity index (χ0v) is 11.2. The van der Waals surface area contributed by atoms with Gasteiger partial charge in [0.1, 0.15) is 0 Å². The fourth-order valence-corrected chi connectivity index (χ4v) is 2.05. The first-order chi connectivity index (χ1) is 8.31. The van der Waals surface area contributed by atoms with Crippen LogP contribution in [0.25, 0.3) is 11.3 Å². The zero-order valence-electron chi connectivity index (χ0n) is 9.57. The van der Waals surface area contributed by atoms with Gasteiger partial charge in [0.05, 0.1) is 25.5 Å². The number of para-hydroxylation sites is 1. The van der Waals surface area contributed by atoms with Gasteiger partial charge in [-0.2, -0.15) is 0 Å². The number of benzene rings is 1. The van der Waals surface area contributed by atoms with Crippen LogP contribution in [0.15, 0.2) is 29.0 Å². The second kappa shape index (κ2) is 5.23. The van der Waals surface area contributed by atoms with Crippen molar-refractivity contribution < 1.29 is 13.9 Å². The predicted molar refractivity (Wildman–Crippen MR) is 67.7 cm³/mol. The molecule has 17 heavy (non-hydrogen) atoms. The molecule has 90 valence electrons. The van der Waals surface area contributed by atoms with Crippen LogP contribution in [0.1, 0.15) is 5.69 Å². The minimum atomic E-state index is 0.624. The third-order valence-electron chi connectivity index (χ3n) is 2.42. The van der Waals surface area contributed by atoms with Gasteiger partial charge in [-0.3, -0.25) is 0 Å². The van der Waals surface area contributed by atoms with E-state index in [2.05, 4.69) is 20.9 Å². The summed E-state index contributed by atoms with van der Waals surface area (Å²) in [5.41, 5.74) is 1.66. The van der Waals surface area contributed by atoms with Crippen molar-refractivity contribution in [2.45, 2.75) is 5.33 Å². The zero-order chi connectivity index (χ0) is 12.3. The summed E-state index contributed by atoms with van der Waals surface area (Å²) in [6, 6.07) is 5.64. The molecule has 1 aromatic heterocycles. The number of aromatic nitrogens is 1. The average Bonchev–Trinajstić information content (AvgIpc) is 2.85. The molecule has 0 saturated carbocycles. The first-order valence-corrected chi connectivity index (χ1v) is 6.13. The molecule has 1 heterocycles. The molecule has 0 unspecified atom stereocenters. The number of ether oxygens (including phenoxy) is 2. The van der Waals surface area contributed by atoms with Crippen LogP contribution < -0.4 is 9.47 Å². The van der Waals surface area contributed by atoms with E-state index < -0.39 is 0 Å². The molecule has 0 N–H and O–H groups in total. The van der Waals surface area contributed by atoms with Crippen LogP contribution in [0, 0.1) is 0 Å². The predicted octanol–water partition coefficient (Wildman–Crippen LogP) is 3.25. The van der Waals surface area contributed by atoms with Crippen molar-refractivity contribution in [3.8, 4) is 22.8 Å². The first kappa shape index (κ1) is 12.0. The van der Waals surface area contributed by atoms with Crippen LogP contribution in [0.3, 0.4) is 0 Å². The second-order valence-electron chi connectivity index (χ2n) is 3.30. The van der Waals surface area contributed by atoms with Gasteiger partial charge in [0.2, 0.25) is 0 Å². The van der Waals surface area contributed by atoms with Crippen molar-refractivity contribution >= 4 is 15.9 Å². The highest BCUT2D eigenvalue weighted by molar-refractivity contribution is 9.08. The van der Waals surface area contributed by atoms with Gasteiger partial charge in [0, 0.05) is 5.33 Å². The van der Waals surface area contributed by atoms with Crippen LogP contribution in [0.5, 0.6) is 11.5 Å². The van der Waals surface area contributed by atoms with E-state index in [0.717, 1.165) is 11.3 Å². The lowest BCUT2D eigenvalue weighted by molar-refractivity contribution is 0.355. The first-order valence-electron chi connectivity index (χ1n) is 5.01. The van der Waals surface area contributed by atoms with Crippen LogP contribution in [-0.2, 0) is 5.33 Å². The Bertz CT molecular complexity index is 510. The van der Waals surface area contributed by atoms with Crippen molar-refractivity contribution in [3.05, 3.63) is 30.3 Å². The van der Waals surface area contributed by atoms with Gasteiger partial charge >= 0.3 is 0 Å². The Kier molecular flexibility index (Phi) is 3.68. The molecule has 1 aromatic carbocycles. The van der Waals surface area contributed by atoms with Crippen molar-refractivity contribution in [1.82, 2.24) is 4.98 Å². The highest BCUT2D eigenvalue weighted by atomic mass is 79.9. The molecule has 5 heteroatoms. The molecular weight excluding hydrogens is 286 g/mol. The van der Waals surface area contributed by atoms with Crippen molar-refractivity contribution in [2.24, 2.45) is 0 Å². The highest BCUT2D eigenvalue weighted by Gasteiger charge is 2.17. The molecule has 0 saturated heterocycles. The number of alkyl halides is 1. The quantitative estimate of drug-likeness (QED) is 0.813. The molecule has 0 aliphatic rings. The Labute approximate surface area is 108 Å². The third-order valence-corrected chi connectivity index (χ3v) is 2.95. The summed E-state index contributed by atoms with van der Waals surface area (Å²) < 4.78 is 16.0. The Hall–Kier alpha value is -1.49. The standard InChI is InChI=1S/C12H12BrNO3/c1-15-10-5-3-4-8(12(10)16-2)11-9(6-13)14-7-17-11/h3-5,7H,6H2,1-2H3. The largest absolute Gasteiger partial charge is 0.493 e. The van der Waals surface area contributed by atoms with Crippen molar-refractivity contribution in [1.29, 1.82) is 0 Å². The lowest BCUT2D eigenvalue weighted by Gasteiger charge is -2.11. The molecule has 0 spiro atoms. The summed E-state index contributed by atoms with van der Waals surface area (Å²) in [5, 5.41) is 0.624. The lowest BCUT2D eigenvalue weighted by atomic mass is 10.1. The van der Waals surface area contributed by atoms with E-state index >= 15 is 0 Å². The number of hydrogen-bond acceptors (Lipinski definition) is 4. The Morgan fingerprint density at radius 1 is 1.29 bits per heavy atom. The third kappa shape index (κ3) is 2.15. The maximum absolute atomic E-state index is 5.41. The van der Waals surface area contributed by atoms with Crippen LogP contribution >= 0.6 is 15.9 Å². The summed E-state index contributed by atoms with van der Waals surface area (Å²) in [5.74, 6) is 2.01. The number of oxazole rings is 1. The van der Waals surface area contributed by atoms with Crippen LogP contribution in [-0.4, -0.2) is 19.2 Å². The minimum absolute atomic E-state index is 0.624. The molecule has 0 fully saturated rings. The summed E-state index contributed by atoms with van der Waals surface area (Å²) in [4.78, 5) is 4.13. The Morgan fingerprint density at radius 2 is 2.12 bits per heavy atom. The van der Waals surface area contributed by atoms with E-state index in [9.17, 15) is 0 Å². The molecule has 0 radical (unpaired) electrons. The van der Waals surface area contributed by atoms with E-state index in [4.69, 9.17) is 13.9 Å². The van der Waals surface area contributed by atoms with Gasteiger partial charge in [0.15, 0.2) is 23.7 Å². The Morgan fingerprint density at radius 3 is 2.76 bits per heavy atom. The van der Waals surface area contributed by atoms with E-state index in [0.29, 0.717) is 22.6 Å². The number of halogens is 1. The number of hydrogen-bond donors (Lipinski definition) is 0. The summed E-state index contributed by atoms with van der Waals surface area (Å²) in [7, 11) is 3.21. The normalized spacial score (nSPS) is 10.3. The summed E-state index contributed by atoms with van der Waals surface area (Å²) >= 11 is 3.37. The second-order valence-corrected chi connectivity index (χ2v) is 3.86. The molecular formula is C12H12BrNO3. The van der Waals surface area contributed by atoms with E-state index in [-0.39, 0.29) is 0 Å². The molecule has 4 nitrogen and oxygen atoms in total. The summed E-state index contributed by atoms with van der Waals surface area (Å²) in [6.07, 6.45) is 1.42. The van der Waals surface area contributed by atoms with Gasteiger partial charge in [0.25, 0.3) is 0 Å². The molecule has 0 aliphatic heterocycles.